The molecule has 0 spiro atoms. The second kappa shape index (κ2) is 6.33. The van der Waals surface area contributed by atoms with Crippen molar-refractivity contribution in [2.45, 2.75) is 19.9 Å². The van der Waals surface area contributed by atoms with E-state index in [2.05, 4.69) is 15.5 Å². The number of rotatable bonds is 6. The van der Waals surface area contributed by atoms with Crippen molar-refractivity contribution in [2.24, 2.45) is 0 Å². The molecule has 0 aliphatic rings. The van der Waals surface area contributed by atoms with E-state index in [0.717, 1.165) is 5.56 Å². The van der Waals surface area contributed by atoms with E-state index in [1.807, 2.05) is 19.9 Å². The molecule has 0 amide bonds. The molecule has 1 aromatic heterocycles. The molecule has 0 radical (unpaired) electrons. The average Bonchev–Trinajstić information content (AvgIpc) is 2.94. The van der Waals surface area contributed by atoms with E-state index in [0.29, 0.717) is 30.5 Å². The lowest BCUT2D eigenvalue weighted by Crippen LogP contribution is -2.15. The zero-order chi connectivity index (χ0) is 14.5. The van der Waals surface area contributed by atoms with Gasteiger partial charge in [0.1, 0.15) is 5.75 Å². The summed E-state index contributed by atoms with van der Waals surface area (Å²) < 4.78 is 12.3. The van der Waals surface area contributed by atoms with Crippen molar-refractivity contribution in [1.82, 2.24) is 20.2 Å². The Morgan fingerprint density at radius 1 is 1.40 bits per heavy atom. The van der Waals surface area contributed by atoms with Crippen molar-refractivity contribution in [3.05, 3.63) is 18.2 Å². The van der Waals surface area contributed by atoms with Crippen LogP contribution in [0.1, 0.15) is 19.9 Å². The number of hydrogen-bond donors (Lipinski definition) is 1. The molecule has 7 nitrogen and oxygen atoms in total. The Bertz CT molecular complexity index is 570. The van der Waals surface area contributed by atoms with Crippen LogP contribution in [-0.4, -0.2) is 40.5 Å². The van der Waals surface area contributed by atoms with Gasteiger partial charge in [-0.15, -0.1) is 5.10 Å². The first-order chi connectivity index (χ1) is 9.67. The van der Waals surface area contributed by atoms with Crippen molar-refractivity contribution >= 4 is 5.69 Å². The Morgan fingerprint density at radius 2 is 2.20 bits per heavy atom. The number of nitrogen functional groups attached to an aromatic ring is 1. The maximum Gasteiger partial charge on any atom is 0.182 e. The molecule has 1 heterocycles. The summed E-state index contributed by atoms with van der Waals surface area (Å²) in [5.41, 5.74) is 7.31. The highest BCUT2D eigenvalue weighted by Gasteiger charge is 2.15. The summed E-state index contributed by atoms with van der Waals surface area (Å²) in [6.45, 7) is 5.18. The minimum absolute atomic E-state index is 0.0447. The number of ether oxygens (including phenoxy) is 2. The van der Waals surface area contributed by atoms with Crippen LogP contribution in [0.5, 0.6) is 5.75 Å². The summed E-state index contributed by atoms with van der Waals surface area (Å²) in [6, 6.07) is 5.53. The topological polar surface area (TPSA) is 88.1 Å². The molecule has 2 aromatic rings. The number of benzene rings is 1. The van der Waals surface area contributed by atoms with Crippen LogP contribution in [-0.2, 0) is 4.74 Å². The van der Waals surface area contributed by atoms with Gasteiger partial charge in [-0.1, -0.05) is 0 Å². The Labute approximate surface area is 117 Å². The van der Waals surface area contributed by atoms with Crippen molar-refractivity contribution in [2.75, 3.05) is 26.1 Å². The second-order valence-electron chi connectivity index (χ2n) is 4.41. The fraction of sp³-hybridized carbons (Fsp3) is 0.462. The fourth-order valence-corrected chi connectivity index (χ4v) is 1.91. The highest BCUT2D eigenvalue weighted by Crippen LogP contribution is 2.27. The maximum atomic E-state index is 5.92. The molecule has 0 bridgehead atoms. The van der Waals surface area contributed by atoms with Gasteiger partial charge in [-0.2, -0.15) is 0 Å². The van der Waals surface area contributed by atoms with Gasteiger partial charge in [-0.3, -0.25) is 0 Å². The van der Waals surface area contributed by atoms with E-state index < -0.39 is 0 Å². The van der Waals surface area contributed by atoms with Crippen LogP contribution in [0.4, 0.5) is 5.69 Å². The molecule has 7 heteroatoms. The molecule has 2 rings (SSSR count). The number of methoxy groups -OCH3 is 1. The molecule has 108 valence electrons. The summed E-state index contributed by atoms with van der Waals surface area (Å²) in [5, 5.41) is 11.8. The molecule has 0 fully saturated rings. The number of anilines is 1. The van der Waals surface area contributed by atoms with Crippen molar-refractivity contribution in [3.8, 4) is 17.1 Å². The van der Waals surface area contributed by atoms with Gasteiger partial charge in [0.25, 0.3) is 0 Å². The van der Waals surface area contributed by atoms with Crippen LogP contribution < -0.4 is 10.5 Å². The summed E-state index contributed by atoms with van der Waals surface area (Å²) in [6.07, 6.45) is 0. The van der Waals surface area contributed by atoms with E-state index >= 15 is 0 Å². The first kappa shape index (κ1) is 14.3. The first-order valence-electron chi connectivity index (χ1n) is 6.46. The molecule has 1 aromatic carbocycles. The van der Waals surface area contributed by atoms with E-state index in [-0.39, 0.29) is 6.04 Å². The van der Waals surface area contributed by atoms with Gasteiger partial charge < -0.3 is 15.2 Å². The van der Waals surface area contributed by atoms with E-state index in [1.165, 1.54) is 0 Å². The maximum absolute atomic E-state index is 5.92. The molecular formula is C13H19N5O2. The lowest BCUT2D eigenvalue weighted by molar-refractivity contribution is 0.115. The monoisotopic (exact) mass is 277 g/mol. The Hall–Kier alpha value is -2.15. The highest BCUT2D eigenvalue weighted by atomic mass is 16.5. The normalized spacial score (nSPS) is 12.3. The van der Waals surface area contributed by atoms with Crippen LogP contribution in [0.2, 0.25) is 0 Å². The van der Waals surface area contributed by atoms with Crippen LogP contribution in [0.25, 0.3) is 11.4 Å². The predicted octanol–water partition coefficient (Wildman–Crippen LogP) is 1.53. The number of tetrazole rings is 1. The Morgan fingerprint density at radius 3 is 2.85 bits per heavy atom. The number of hydrogen-bond acceptors (Lipinski definition) is 6. The van der Waals surface area contributed by atoms with Crippen molar-refractivity contribution < 1.29 is 9.47 Å². The van der Waals surface area contributed by atoms with E-state index in [4.69, 9.17) is 15.2 Å². The molecule has 1 unspecified atom stereocenters. The molecule has 1 atom stereocenters. The molecular weight excluding hydrogens is 258 g/mol. The quantitative estimate of drug-likeness (QED) is 0.805. The van der Waals surface area contributed by atoms with Gasteiger partial charge in [0.2, 0.25) is 0 Å². The van der Waals surface area contributed by atoms with Gasteiger partial charge in [-0.25, -0.2) is 4.68 Å². The van der Waals surface area contributed by atoms with Crippen LogP contribution >= 0.6 is 0 Å². The second-order valence-corrected chi connectivity index (χ2v) is 4.41. The average molecular weight is 277 g/mol. The Kier molecular flexibility index (Phi) is 4.52. The number of nitrogens with two attached hydrogens (primary N) is 1. The van der Waals surface area contributed by atoms with E-state index in [1.54, 1.807) is 23.9 Å². The van der Waals surface area contributed by atoms with Gasteiger partial charge in [0.15, 0.2) is 5.82 Å². The molecule has 0 aliphatic carbocycles. The molecule has 0 saturated carbocycles. The largest absolute Gasteiger partial charge is 0.495 e. The molecule has 20 heavy (non-hydrogen) atoms. The zero-order valence-electron chi connectivity index (χ0n) is 11.9. The third kappa shape index (κ3) is 2.88. The van der Waals surface area contributed by atoms with Gasteiger partial charge >= 0.3 is 0 Å². The Balaban J connectivity index is 2.29. The van der Waals surface area contributed by atoms with Crippen LogP contribution in [0.3, 0.4) is 0 Å². The predicted molar refractivity (Wildman–Crippen MR) is 75.4 cm³/mol. The zero-order valence-corrected chi connectivity index (χ0v) is 11.9. The minimum Gasteiger partial charge on any atom is -0.495 e. The summed E-state index contributed by atoms with van der Waals surface area (Å²) >= 11 is 0. The minimum atomic E-state index is 0.0447. The molecule has 0 aliphatic heterocycles. The van der Waals surface area contributed by atoms with Crippen molar-refractivity contribution in [1.29, 1.82) is 0 Å². The summed E-state index contributed by atoms with van der Waals surface area (Å²) in [7, 11) is 1.58. The number of aromatic nitrogens is 4. The molecule has 0 saturated heterocycles. The fourth-order valence-electron chi connectivity index (χ4n) is 1.91. The summed E-state index contributed by atoms with van der Waals surface area (Å²) in [5.74, 6) is 1.29. The van der Waals surface area contributed by atoms with Gasteiger partial charge in [0.05, 0.1) is 25.4 Å². The SMILES string of the molecule is CCOCC(C)n1nnnc1-c1ccc(OC)c(N)c1. The third-order valence-corrected chi connectivity index (χ3v) is 2.96. The van der Waals surface area contributed by atoms with Gasteiger partial charge in [0, 0.05) is 12.2 Å². The van der Waals surface area contributed by atoms with Crippen molar-refractivity contribution in [3.63, 3.8) is 0 Å². The lowest BCUT2D eigenvalue weighted by atomic mass is 10.1. The smallest absolute Gasteiger partial charge is 0.182 e. The lowest BCUT2D eigenvalue weighted by Gasteiger charge is -2.13. The number of nitrogens with zero attached hydrogens (tertiary/aromatic N) is 4. The van der Waals surface area contributed by atoms with Gasteiger partial charge in [-0.05, 0) is 42.5 Å². The third-order valence-electron chi connectivity index (χ3n) is 2.96. The van der Waals surface area contributed by atoms with Crippen LogP contribution in [0, 0.1) is 0 Å². The van der Waals surface area contributed by atoms with E-state index in [9.17, 15) is 0 Å². The highest BCUT2D eigenvalue weighted by molar-refractivity contribution is 5.66. The molecule has 2 N–H and O–H groups in total. The summed E-state index contributed by atoms with van der Waals surface area (Å²) in [4.78, 5) is 0. The van der Waals surface area contributed by atoms with Crippen LogP contribution in [0.15, 0.2) is 18.2 Å². The first-order valence-corrected chi connectivity index (χ1v) is 6.46. The standard InChI is InChI=1S/C13H19N5O2/c1-4-20-8-9(2)18-13(15-16-17-18)10-5-6-12(19-3)11(14)7-10/h5-7,9H,4,8,14H2,1-3H3.